The van der Waals surface area contributed by atoms with Gasteiger partial charge >= 0.3 is 5.97 Å². The number of rotatable bonds is 5. The van der Waals surface area contributed by atoms with E-state index in [4.69, 9.17) is 5.11 Å². The van der Waals surface area contributed by atoms with Crippen molar-refractivity contribution in [3.05, 3.63) is 64.7 Å². The Labute approximate surface area is 179 Å². The quantitative estimate of drug-likeness (QED) is 0.645. The van der Waals surface area contributed by atoms with E-state index in [9.17, 15) is 13.2 Å². The predicted molar refractivity (Wildman–Crippen MR) is 121 cm³/mol. The lowest BCUT2D eigenvalue weighted by molar-refractivity contribution is -0.134. The van der Waals surface area contributed by atoms with Crippen LogP contribution in [0.1, 0.15) is 69.7 Å². The van der Waals surface area contributed by atoms with Crippen molar-refractivity contribution in [1.29, 1.82) is 0 Å². The molecule has 0 bridgehead atoms. The second-order valence-electron chi connectivity index (χ2n) is 9.58. The second-order valence-corrected chi connectivity index (χ2v) is 11.6. The predicted octanol–water partition coefficient (Wildman–Crippen LogP) is 5.45. The molecule has 0 radical (unpaired) electrons. The van der Waals surface area contributed by atoms with Gasteiger partial charge in [-0.15, -0.1) is 0 Å². The van der Waals surface area contributed by atoms with Crippen LogP contribution >= 0.6 is 0 Å². The zero-order chi connectivity index (χ0) is 22.3. The Kier molecular flexibility index (Phi) is 5.72. The van der Waals surface area contributed by atoms with Crippen molar-refractivity contribution < 1.29 is 18.3 Å². The molecule has 0 heterocycles. The maximum Gasteiger partial charge on any atom is 0.319 e. The van der Waals surface area contributed by atoms with Crippen LogP contribution in [0.5, 0.6) is 0 Å². The summed E-state index contributed by atoms with van der Waals surface area (Å²) < 4.78 is 24.1. The Morgan fingerprint density at radius 3 is 2.10 bits per heavy atom. The maximum absolute atomic E-state index is 12.1. The fourth-order valence-corrected chi connectivity index (χ4v) is 5.23. The standard InChI is InChI=1S/C25H30O4S/c1-17(14-18-6-9-20(10-7-18)30(28,29)16-23(26)27)19-8-11-21-22(15-19)25(4,5)13-12-24(21,2)3/h6-11,14-15H,12-13,16H2,1-5H3,(H,26,27). The number of aliphatic carboxylic acids is 1. The van der Waals surface area contributed by atoms with Crippen molar-refractivity contribution in [3.63, 3.8) is 0 Å². The summed E-state index contributed by atoms with van der Waals surface area (Å²) >= 11 is 0. The number of carbonyl (C=O) groups is 1. The topological polar surface area (TPSA) is 71.4 Å². The summed E-state index contributed by atoms with van der Waals surface area (Å²) in [6, 6.07) is 13.1. The van der Waals surface area contributed by atoms with Gasteiger partial charge in [-0.1, -0.05) is 64.1 Å². The highest BCUT2D eigenvalue weighted by molar-refractivity contribution is 7.92. The van der Waals surface area contributed by atoms with Gasteiger partial charge in [-0.3, -0.25) is 4.79 Å². The van der Waals surface area contributed by atoms with Gasteiger partial charge < -0.3 is 5.11 Å². The summed E-state index contributed by atoms with van der Waals surface area (Å²) in [6.45, 7) is 11.3. The van der Waals surface area contributed by atoms with Crippen LogP contribution in [0.4, 0.5) is 0 Å². The molecule has 0 aliphatic heterocycles. The van der Waals surface area contributed by atoms with E-state index in [-0.39, 0.29) is 15.7 Å². The van der Waals surface area contributed by atoms with Crippen LogP contribution in [0.15, 0.2) is 47.4 Å². The van der Waals surface area contributed by atoms with Gasteiger partial charge in [0.25, 0.3) is 0 Å². The van der Waals surface area contributed by atoms with E-state index in [1.165, 1.54) is 29.7 Å². The fourth-order valence-electron chi connectivity index (χ4n) is 4.18. The molecule has 1 N–H and O–H groups in total. The van der Waals surface area contributed by atoms with E-state index >= 15 is 0 Å². The summed E-state index contributed by atoms with van der Waals surface area (Å²) in [5.74, 6) is -2.25. The summed E-state index contributed by atoms with van der Waals surface area (Å²) in [7, 11) is -3.81. The van der Waals surface area contributed by atoms with Crippen LogP contribution in [-0.2, 0) is 25.5 Å². The summed E-state index contributed by atoms with van der Waals surface area (Å²) in [6.07, 6.45) is 4.36. The smallest absolute Gasteiger partial charge is 0.319 e. The molecular weight excluding hydrogens is 396 g/mol. The SMILES string of the molecule is CC(=Cc1ccc(S(=O)(=O)CC(=O)O)cc1)c1ccc2c(c1)C(C)(C)CCC2(C)C. The molecule has 1 aliphatic rings. The van der Waals surface area contributed by atoms with E-state index < -0.39 is 21.6 Å². The molecule has 0 atom stereocenters. The van der Waals surface area contributed by atoms with E-state index in [1.54, 1.807) is 12.1 Å². The molecule has 0 amide bonds. The van der Waals surface area contributed by atoms with E-state index in [1.807, 2.05) is 6.08 Å². The number of fused-ring (bicyclic) bond motifs is 1. The fraction of sp³-hybridized carbons (Fsp3) is 0.400. The van der Waals surface area contributed by atoms with E-state index in [0.29, 0.717) is 0 Å². The van der Waals surface area contributed by atoms with Crippen molar-refractivity contribution in [2.45, 2.75) is 63.2 Å². The van der Waals surface area contributed by atoms with Crippen LogP contribution in [0, 0.1) is 0 Å². The minimum absolute atomic E-state index is 0.0254. The number of hydrogen-bond donors (Lipinski definition) is 1. The summed E-state index contributed by atoms with van der Waals surface area (Å²) in [5.41, 5.74) is 6.27. The zero-order valence-electron chi connectivity index (χ0n) is 18.3. The first-order valence-corrected chi connectivity index (χ1v) is 11.9. The third-order valence-corrected chi connectivity index (χ3v) is 7.86. The average Bonchev–Trinajstić information content (AvgIpc) is 2.65. The molecular formula is C25H30O4S. The highest BCUT2D eigenvalue weighted by Crippen LogP contribution is 2.46. The van der Waals surface area contributed by atoms with Crippen LogP contribution in [0.2, 0.25) is 0 Å². The molecule has 1 aliphatic carbocycles. The first kappa shape index (κ1) is 22.3. The molecule has 2 aromatic carbocycles. The molecule has 2 aromatic rings. The molecule has 0 aromatic heterocycles. The third-order valence-electron chi connectivity index (χ3n) is 6.24. The number of benzene rings is 2. The zero-order valence-corrected chi connectivity index (χ0v) is 19.1. The Balaban J connectivity index is 1.92. The van der Waals surface area contributed by atoms with Crippen LogP contribution in [0.25, 0.3) is 11.6 Å². The molecule has 4 nitrogen and oxygen atoms in total. The Hall–Kier alpha value is -2.40. The molecule has 0 fully saturated rings. The first-order valence-electron chi connectivity index (χ1n) is 10.2. The molecule has 0 unspecified atom stereocenters. The molecule has 0 saturated heterocycles. The van der Waals surface area contributed by atoms with Crippen molar-refractivity contribution in [2.24, 2.45) is 0 Å². The Morgan fingerprint density at radius 1 is 0.967 bits per heavy atom. The van der Waals surface area contributed by atoms with Gasteiger partial charge in [-0.25, -0.2) is 8.42 Å². The number of carboxylic acid groups (broad SMARTS) is 1. The minimum atomic E-state index is -3.81. The highest BCUT2D eigenvalue weighted by atomic mass is 32.2. The molecule has 160 valence electrons. The van der Waals surface area contributed by atoms with E-state index in [2.05, 4.69) is 52.8 Å². The molecule has 0 spiro atoms. The van der Waals surface area contributed by atoms with Crippen molar-refractivity contribution in [1.82, 2.24) is 0 Å². The van der Waals surface area contributed by atoms with Crippen molar-refractivity contribution >= 4 is 27.5 Å². The minimum Gasteiger partial charge on any atom is -0.480 e. The molecule has 3 rings (SSSR count). The lowest BCUT2D eigenvalue weighted by Crippen LogP contribution is -2.33. The van der Waals surface area contributed by atoms with Crippen LogP contribution in [0.3, 0.4) is 0 Å². The van der Waals surface area contributed by atoms with Gasteiger partial charge in [0.15, 0.2) is 15.6 Å². The van der Waals surface area contributed by atoms with Gasteiger partial charge in [-0.05, 0) is 70.6 Å². The van der Waals surface area contributed by atoms with Gasteiger partial charge in [0, 0.05) is 0 Å². The summed E-state index contributed by atoms with van der Waals surface area (Å²) in [5, 5.41) is 8.77. The normalized spacial score (nSPS) is 18.0. The van der Waals surface area contributed by atoms with Gasteiger partial charge in [0.1, 0.15) is 0 Å². The van der Waals surface area contributed by atoms with Crippen molar-refractivity contribution in [3.8, 4) is 0 Å². The van der Waals surface area contributed by atoms with Crippen LogP contribution < -0.4 is 0 Å². The number of allylic oxidation sites excluding steroid dienone is 1. The Morgan fingerprint density at radius 2 is 1.53 bits per heavy atom. The second kappa shape index (κ2) is 7.69. The number of sulfone groups is 1. The third kappa shape index (κ3) is 4.51. The van der Waals surface area contributed by atoms with Crippen LogP contribution in [-0.4, -0.2) is 25.2 Å². The summed E-state index contributed by atoms with van der Waals surface area (Å²) in [4.78, 5) is 10.8. The van der Waals surface area contributed by atoms with Gasteiger partial charge in [0.2, 0.25) is 0 Å². The highest BCUT2D eigenvalue weighted by Gasteiger charge is 2.36. The largest absolute Gasteiger partial charge is 0.480 e. The lowest BCUT2D eigenvalue weighted by atomic mass is 9.63. The monoisotopic (exact) mass is 426 g/mol. The molecule has 30 heavy (non-hydrogen) atoms. The van der Waals surface area contributed by atoms with Crippen molar-refractivity contribution in [2.75, 3.05) is 5.75 Å². The lowest BCUT2D eigenvalue weighted by Gasteiger charge is -2.42. The van der Waals surface area contributed by atoms with E-state index in [0.717, 1.165) is 23.1 Å². The number of carboxylic acids is 1. The maximum atomic E-state index is 12.1. The molecule has 5 heteroatoms. The molecule has 0 saturated carbocycles. The Bertz CT molecular complexity index is 1100. The average molecular weight is 427 g/mol. The number of hydrogen-bond acceptors (Lipinski definition) is 3. The first-order chi connectivity index (χ1) is 13.8. The van der Waals surface area contributed by atoms with Gasteiger partial charge in [0.05, 0.1) is 4.90 Å². The van der Waals surface area contributed by atoms with Gasteiger partial charge in [-0.2, -0.15) is 0 Å².